The highest BCUT2D eigenvalue weighted by molar-refractivity contribution is 5.48. The molecule has 32 heavy (non-hydrogen) atoms. The first kappa shape index (κ1) is 24.1. The number of benzene rings is 3. The summed E-state index contributed by atoms with van der Waals surface area (Å²) in [7, 11) is 1.70. The molecule has 0 fully saturated rings. The minimum atomic E-state index is -0.643. The summed E-state index contributed by atoms with van der Waals surface area (Å²) in [4.78, 5) is 0. The highest BCUT2D eigenvalue weighted by Crippen LogP contribution is 2.41. The van der Waals surface area contributed by atoms with Crippen LogP contribution in [0.15, 0.2) is 84.9 Å². The van der Waals surface area contributed by atoms with Crippen molar-refractivity contribution in [2.24, 2.45) is 0 Å². The Morgan fingerprint density at radius 2 is 1.03 bits per heavy atom. The molecule has 0 heterocycles. The molecule has 0 saturated heterocycles. The molecule has 0 atom stereocenters. The average Bonchev–Trinajstić information content (AvgIpc) is 2.87. The van der Waals surface area contributed by atoms with E-state index in [4.69, 9.17) is 9.47 Å². The van der Waals surface area contributed by atoms with Crippen LogP contribution >= 0.6 is 0 Å². The molecule has 3 aromatic rings. The first-order valence-electron chi connectivity index (χ1n) is 12.2. The van der Waals surface area contributed by atoms with Gasteiger partial charge in [-0.3, -0.25) is 0 Å². The molecule has 0 aliphatic heterocycles. The summed E-state index contributed by atoms with van der Waals surface area (Å²) in [6, 6.07) is 29.5. The van der Waals surface area contributed by atoms with E-state index in [1.165, 1.54) is 44.9 Å². The Labute approximate surface area is 194 Å². The molecular weight excluding hydrogens is 392 g/mol. The monoisotopic (exact) mass is 430 g/mol. The van der Waals surface area contributed by atoms with Crippen molar-refractivity contribution in [3.05, 3.63) is 102 Å². The third-order valence-electron chi connectivity index (χ3n) is 6.17. The lowest BCUT2D eigenvalue weighted by atomic mass is 9.80. The molecule has 2 heteroatoms. The quantitative estimate of drug-likeness (QED) is 0.190. The van der Waals surface area contributed by atoms with Crippen LogP contribution in [0.4, 0.5) is 0 Å². The zero-order chi connectivity index (χ0) is 22.5. The van der Waals surface area contributed by atoms with Gasteiger partial charge >= 0.3 is 0 Å². The maximum atomic E-state index is 6.87. The Balaban J connectivity index is 1.82. The van der Waals surface area contributed by atoms with E-state index < -0.39 is 5.60 Å². The third kappa shape index (κ3) is 6.23. The standard InChI is InChI=1S/C30H38O2/c1-3-4-5-6-7-8-9-16-25-32-30(26-17-12-10-13-18-26,27-19-14-11-15-20-27)28-21-23-29(31-2)24-22-28/h10-15,17-24H,3-9,16,25H2,1-2H3. The molecule has 0 N–H and O–H groups in total. The largest absolute Gasteiger partial charge is 0.497 e. The van der Waals surface area contributed by atoms with Crippen LogP contribution in [0, 0.1) is 0 Å². The molecule has 0 aliphatic carbocycles. The Hall–Kier alpha value is -2.58. The average molecular weight is 431 g/mol. The van der Waals surface area contributed by atoms with Gasteiger partial charge in [-0.15, -0.1) is 0 Å². The van der Waals surface area contributed by atoms with Gasteiger partial charge in [-0.2, -0.15) is 0 Å². The normalized spacial score (nSPS) is 11.4. The molecular formula is C30H38O2. The van der Waals surface area contributed by atoms with Crippen molar-refractivity contribution in [3.8, 4) is 5.75 Å². The molecule has 0 aliphatic rings. The van der Waals surface area contributed by atoms with Crippen molar-refractivity contribution in [1.82, 2.24) is 0 Å². The van der Waals surface area contributed by atoms with Crippen LogP contribution in [0.1, 0.15) is 75.0 Å². The van der Waals surface area contributed by atoms with Gasteiger partial charge in [0.05, 0.1) is 7.11 Å². The maximum Gasteiger partial charge on any atom is 0.143 e. The van der Waals surface area contributed by atoms with Gasteiger partial charge in [0, 0.05) is 6.61 Å². The highest BCUT2D eigenvalue weighted by Gasteiger charge is 2.37. The van der Waals surface area contributed by atoms with Crippen LogP contribution in [0.2, 0.25) is 0 Å². The Bertz CT molecular complexity index is 832. The summed E-state index contributed by atoms with van der Waals surface area (Å²) < 4.78 is 12.3. The van der Waals surface area contributed by atoms with Crippen molar-refractivity contribution in [1.29, 1.82) is 0 Å². The fourth-order valence-electron chi connectivity index (χ4n) is 4.38. The minimum Gasteiger partial charge on any atom is -0.497 e. The second-order valence-corrected chi connectivity index (χ2v) is 8.47. The molecule has 0 spiro atoms. The van der Waals surface area contributed by atoms with Crippen LogP contribution < -0.4 is 4.74 Å². The van der Waals surface area contributed by atoms with Gasteiger partial charge in [0.15, 0.2) is 0 Å². The highest BCUT2D eigenvalue weighted by atomic mass is 16.5. The van der Waals surface area contributed by atoms with Crippen LogP contribution in [-0.4, -0.2) is 13.7 Å². The smallest absolute Gasteiger partial charge is 0.143 e. The van der Waals surface area contributed by atoms with E-state index >= 15 is 0 Å². The Morgan fingerprint density at radius 3 is 1.53 bits per heavy atom. The van der Waals surface area contributed by atoms with Crippen molar-refractivity contribution >= 4 is 0 Å². The number of ether oxygens (including phenoxy) is 2. The summed E-state index contributed by atoms with van der Waals surface area (Å²) >= 11 is 0. The molecule has 3 aromatic carbocycles. The number of hydrogen-bond donors (Lipinski definition) is 0. The maximum absolute atomic E-state index is 6.87. The first-order chi connectivity index (χ1) is 15.8. The molecule has 0 radical (unpaired) electrons. The van der Waals surface area contributed by atoms with Gasteiger partial charge in [-0.1, -0.05) is 125 Å². The van der Waals surface area contributed by atoms with Gasteiger partial charge in [0.1, 0.15) is 11.4 Å². The van der Waals surface area contributed by atoms with E-state index in [9.17, 15) is 0 Å². The third-order valence-corrected chi connectivity index (χ3v) is 6.17. The lowest BCUT2D eigenvalue weighted by Gasteiger charge is -2.36. The SMILES string of the molecule is CCCCCCCCCCOC(c1ccccc1)(c1ccccc1)c1ccc(OC)cc1. The van der Waals surface area contributed by atoms with Gasteiger partial charge < -0.3 is 9.47 Å². The van der Waals surface area contributed by atoms with Crippen molar-refractivity contribution in [3.63, 3.8) is 0 Å². The number of methoxy groups -OCH3 is 1. The summed E-state index contributed by atoms with van der Waals surface area (Å²) in [6.45, 7) is 3.00. The molecule has 0 bridgehead atoms. The molecule has 170 valence electrons. The van der Waals surface area contributed by atoms with Gasteiger partial charge in [-0.05, 0) is 35.2 Å². The van der Waals surface area contributed by atoms with Crippen LogP contribution in [0.3, 0.4) is 0 Å². The fraction of sp³-hybridized carbons (Fsp3) is 0.400. The number of rotatable bonds is 14. The van der Waals surface area contributed by atoms with E-state index in [-0.39, 0.29) is 0 Å². The van der Waals surface area contributed by atoms with E-state index in [0.29, 0.717) is 0 Å². The molecule has 3 rings (SSSR count). The van der Waals surface area contributed by atoms with Gasteiger partial charge in [0.25, 0.3) is 0 Å². The number of hydrogen-bond acceptors (Lipinski definition) is 2. The summed E-state index contributed by atoms with van der Waals surface area (Å²) in [5, 5.41) is 0. The number of unbranched alkanes of at least 4 members (excludes halogenated alkanes) is 7. The van der Waals surface area contributed by atoms with Crippen molar-refractivity contribution in [2.45, 2.75) is 63.9 Å². The van der Waals surface area contributed by atoms with Crippen LogP contribution in [-0.2, 0) is 10.3 Å². The summed E-state index contributed by atoms with van der Waals surface area (Å²) in [6.07, 6.45) is 10.3. The van der Waals surface area contributed by atoms with Gasteiger partial charge in [-0.25, -0.2) is 0 Å². The van der Waals surface area contributed by atoms with Crippen LogP contribution in [0.5, 0.6) is 5.75 Å². The van der Waals surface area contributed by atoms with E-state index in [2.05, 4.69) is 79.7 Å². The summed E-state index contributed by atoms with van der Waals surface area (Å²) in [5.74, 6) is 0.854. The topological polar surface area (TPSA) is 18.5 Å². The Kier molecular flexibility index (Phi) is 9.84. The second-order valence-electron chi connectivity index (χ2n) is 8.47. The van der Waals surface area contributed by atoms with Gasteiger partial charge in [0.2, 0.25) is 0 Å². The van der Waals surface area contributed by atoms with Crippen molar-refractivity contribution < 1.29 is 9.47 Å². The zero-order valence-corrected chi connectivity index (χ0v) is 19.8. The lowest BCUT2D eigenvalue weighted by Crippen LogP contribution is -2.33. The molecule has 2 nitrogen and oxygen atoms in total. The second kappa shape index (κ2) is 13.1. The molecule has 0 aromatic heterocycles. The van der Waals surface area contributed by atoms with Crippen LogP contribution in [0.25, 0.3) is 0 Å². The molecule has 0 unspecified atom stereocenters. The predicted molar refractivity (Wildman–Crippen MR) is 134 cm³/mol. The lowest BCUT2D eigenvalue weighted by molar-refractivity contribution is 0.0106. The summed E-state index contributed by atoms with van der Waals surface area (Å²) in [5.41, 5.74) is 2.78. The first-order valence-corrected chi connectivity index (χ1v) is 12.2. The van der Waals surface area contributed by atoms with Crippen molar-refractivity contribution in [2.75, 3.05) is 13.7 Å². The van der Waals surface area contributed by atoms with E-state index in [1.807, 2.05) is 12.1 Å². The molecule has 0 saturated carbocycles. The minimum absolute atomic E-state index is 0.643. The molecule has 0 amide bonds. The van der Waals surface area contributed by atoms with E-state index in [0.717, 1.165) is 35.5 Å². The predicted octanol–water partition coefficient (Wildman–Crippen LogP) is 8.14. The van der Waals surface area contributed by atoms with E-state index in [1.54, 1.807) is 7.11 Å². The zero-order valence-electron chi connectivity index (χ0n) is 19.8. The fourth-order valence-corrected chi connectivity index (χ4v) is 4.38. The Morgan fingerprint density at radius 1 is 0.562 bits per heavy atom.